The Hall–Kier alpha value is -3.15. The lowest BCUT2D eigenvalue weighted by atomic mass is 9.90. The fourth-order valence-electron chi connectivity index (χ4n) is 3.79. The molecule has 6 heteroatoms. The number of benzene rings is 1. The van der Waals surface area contributed by atoms with Crippen LogP contribution in [0.5, 0.6) is 0 Å². The standard InChI is InChI=1S/C21H22N4O2/c1-14-6-8-15(9-7-14)18-12-23-24-19(18)16-4-3-11-25(13-16)20-17(21(26)27)5-2-10-22-20/h2,5-10,12,16H,3-4,11,13H2,1H3,(H,23,24)(H,26,27)/t16-/m0/s1. The average Bonchev–Trinajstić information content (AvgIpc) is 3.18. The van der Waals surface area contributed by atoms with Gasteiger partial charge in [0.2, 0.25) is 0 Å². The number of carboxylic acids is 1. The average molecular weight is 362 g/mol. The summed E-state index contributed by atoms with van der Waals surface area (Å²) < 4.78 is 0. The van der Waals surface area contributed by atoms with Gasteiger partial charge in [-0.05, 0) is 37.5 Å². The van der Waals surface area contributed by atoms with Crippen LogP contribution in [0.25, 0.3) is 11.1 Å². The second-order valence-electron chi connectivity index (χ2n) is 7.03. The Morgan fingerprint density at radius 1 is 1.26 bits per heavy atom. The van der Waals surface area contributed by atoms with Gasteiger partial charge in [0.1, 0.15) is 11.4 Å². The van der Waals surface area contributed by atoms with Crippen LogP contribution in [0.15, 0.2) is 48.8 Å². The molecule has 3 heterocycles. The highest BCUT2D eigenvalue weighted by Crippen LogP contribution is 2.34. The molecule has 0 bridgehead atoms. The van der Waals surface area contributed by atoms with Crippen molar-refractivity contribution in [1.82, 2.24) is 15.2 Å². The summed E-state index contributed by atoms with van der Waals surface area (Å²) in [5, 5.41) is 16.9. The van der Waals surface area contributed by atoms with Gasteiger partial charge >= 0.3 is 5.97 Å². The Kier molecular flexibility index (Phi) is 4.62. The summed E-state index contributed by atoms with van der Waals surface area (Å²) in [6.07, 6.45) is 5.54. The lowest BCUT2D eigenvalue weighted by molar-refractivity contribution is 0.0697. The van der Waals surface area contributed by atoms with E-state index in [0.29, 0.717) is 5.82 Å². The summed E-state index contributed by atoms with van der Waals surface area (Å²) in [5.74, 6) is -0.144. The molecule has 4 rings (SSSR count). The number of aromatic amines is 1. The molecular formula is C21H22N4O2. The number of carboxylic acid groups (broad SMARTS) is 1. The molecule has 27 heavy (non-hydrogen) atoms. The second kappa shape index (κ2) is 7.23. The van der Waals surface area contributed by atoms with Crippen molar-refractivity contribution < 1.29 is 9.90 Å². The molecule has 2 N–H and O–H groups in total. The number of pyridine rings is 1. The van der Waals surface area contributed by atoms with Crippen molar-refractivity contribution in [1.29, 1.82) is 0 Å². The van der Waals surface area contributed by atoms with Crippen LogP contribution in [-0.4, -0.2) is 39.3 Å². The summed E-state index contributed by atoms with van der Waals surface area (Å²) in [4.78, 5) is 18.0. The number of piperidine rings is 1. The number of aryl methyl sites for hydroxylation is 1. The molecule has 6 nitrogen and oxygen atoms in total. The van der Waals surface area contributed by atoms with Crippen molar-refractivity contribution in [2.75, 3.05) is 18.0 Å². The Balaban J connectivity index is 1.63. The van der Waals surface area contributed by atoms with E-state index in [1.165, 1.54) is 5.56 Å². The predicted molar refractivity (Wildman–Crippen MR) is 104 cm³/mol. The Labute approximate surface area is 157 Å². The van der Waals surface area contributed by atoms with Crippen LogP contribution >= 0.6 is 0 Å². The van der Waals surface area contributed by atoms with Crippen molar-refractivity contribution in [2.24, 2.45) is 0 Å². The number of carbonyl (C=O) groups is 1. The van der Waals surface area contributed by atoms with E-state index >= 15 is 0 Å². The minimum atomic E-state index is -0.942. The number of nitrogens with zero attached hydrogens (tertiary/aromatic N) is 3. The van der Waals surface area contributed by atoms with E-state index in [1.807, 2.05) is 6.20 Å². The molecule has 0 amide bonds. The predicted octanol–water partition coefficient (Wildman–Crippen LogP) is 3.86. The lowest BCUT2D eigenvalue weighted by Crippen LogP contribution is -2.36. The first kappa shape index (κ1) is 17.3. The minimum absolute atomic E-state index is 0.251. The van der Waals surface area contributed by atoms with Crippen molar-refractivity contribution in [3.05, 3.63) is 65.6 Å². The molecule has 1 aliphatic heterocycles. The van der Waals surface area contributed by atoms with Crippen LogP contribution < -0.4 is 4.90 Å². The van der Waals surface area contributed by atoms with Gasteiger partial charge in [0, 0.05) is 36.5 Å². The number of anilines is 1. The molecule has 0 unspecified atom stereocenters. The van der Waals surface area contributed by atoms with Crippen LogP contribution in [0, 0.1) is 6.92 Å². The van der Waals surface area contributed by atoms with Crippen molar-refractivity contribution in [3.8, 4) is 11.1 Å². The molecule has 1 aromatic carbocycles. The SMILES string of the molecule is Cc1ccc(-c2cn[nH]c2[C@H]2CCCN(c3ncccc3C(=O)O)C2)cc1. The Bertz CT molecular complexity index is 949. The fraction of sp³-hybridized carbons (Fsp3) is 0.286. The summed E-state index contributed by atoms with van der Waals surface area (Å²) in [6.45, 7) is 3.60. The van der Waals surface area contributed by atoms with Gasteiger partial charge in [0.25, 0.3) is 0 Å². The zero-order valence-corrected chi connectivity index (χ0v) is 15.2. The normalized spacial score (nSPS) is 17.1. The third-order valence-electron chi connectivity index (χ3n) is 5.18. The van der Waals surface area contributed by atoms with Gasteiger partial charge in [-0.3, -0.25) is 5.10 Å². The molecule has 1 saturated heterocycles. The van der Waals surface area contributed by atoms with Gasteiger partial charge in [0.05, 0.1) is 6.20 Å². The molecule has 0 aliphatic carbocycles. The maximum atomic E-state index is 11.6. The molecule has 0 radical (unpaired) electrons. The highest BCUT2D eigenvalue weighted by molar-refractivity contribution is 5.93. The maximum absolute atomic E-state index is 11.6. The summed E-state index contributed by atoms with van der Waals surface area (Å²) >= 11 is 0. The van der Waals surface area contributed by atoms with Crippen LogP contribution in [0.1, 0.15) is 40.4 Å². The largest absolute Gasteiger partial charge is 0.478 e. The smallest absolute Gasteiger partial charge is 0.339 e. The first-order chi connectivity index (χ1) is 13.1. The number of hydrogen-bond donors (Lipinski definition) is 2. The van der Waals surface area contributed by atoms with Crippen molar-refractivity contribution in [3.63, 3.8) is 0 Å². The molecule has 1 atom stereocenters. The van der Waals surface area contributed by atoms with Gasteiger partial charge < -0.3 is 10.0 Å². The van der Waals surface area contributed by atoms with Gasteiger partial charge in [-0.2, -0.15) is 5.10 Å². The lowest BCUT2D eigenvalue weighted by Gasteiger charge is -2.34. The highest BCUT2D eigenvalue weighted by atomic mass is 16.4. The summed E-state index contributed by atoms with van der Waals surface area (Å²) in [7, 11) is 0. The summed E-state index contributed by atoms with van der Waals surface area (Å²) in [6, 6.07) is 11.7. The third-order valence-corrected chi connectivity index (χ3v) is 5.18. The molecule has 1 fully saturated rings. The zero-order chi connectivity index (χ0) is 18.8. The number of hydrogen-bond acceptors (Lipinski definition) is 4. The van der Waals surface area contributed by atoms with E-state index in [-0.39, 0.29) is 11.5 Å². The van der Waals surface area contributed by atoms with E-state index < -0.39 is 5.97 Å². The molecule has 0 spiro atoms. The van der Waals surface area contributed by atoms with E-state index in [1.54, 1.807) is 18.3 Å². The van der Waals surface area contributed by atoms with Gasteiger partial charge in [-0.1, -0.05) is 29.8 Å². The van der Waals surface area contributed by atoms with E-state index in [4.69, 9.17) is 0 Å². The highest BCUT2D eigenvalue weighted by Gasteiger charge is 2.28. The van der Waals surface area contributed by atoms with Gasteiger partial charge in [-0.25, -0.2) is 9.78 Å². The summed E-state index contributed by atoms with van der Waals surface area (Å²) in [5.41, 5.74) is 4.84. The molecule has 3 aromatic rings. The number of rotatable bonds is 4. The number of aromatic carboxylic acids is 1. The topological polar surface area (TPSA) is 82.1 Å². The number of H-pyrrole nitrogens is 1. The third kappa shape index (κ3) is 3.43. The van der Waals surface area contributed by atoms with Crippen LogP contribution in [0.2, 0.25) is 0 Å². The van der Waals surface area contributed by atoms with E-state index in [2.05, 4.69) is 51.3 Å². The number of aromatic nitrogens is 3. The van der Waals surface area contributed by atoms with Gasteiger partial charge in [0.15, 0.2) is 0 Å². The first-order valence-electron chi connectivity index (χ1n) is 9.17. The monoisotopic (exact) mass is 362 g/mol. The molecule has 0 saturated carbocycles. The number of nitrogens with one attached hydrogen (secondary N) is 1. The van der Waals surface area contributed by atoms with Gasteiger partial charge in [-0.15, -0.1) is 0 Å². The Morgan fingerprint density at radius 2 is 2.07 bits per heavy atom. The fourth-order valence-corrected chi connectivity index (χ4v) is 3.79. The van der Waals surface area contributed by atoms with E-state index in [0.717, 1.165) is 42.8 Å². The van der Waals surface area contributed by atoms with Crippen LogP contribution in [-0.2, 0) is 0 Å². The molecular weight excluding hydrogens is 340 g/mol. The minimum Gasteiger partial charge on any atom is -0.478 e. The van der Waals surface area contributed by atoms with Crippen molar-refractivity contribution in [2.45, 2.75) is 25.7 Å². The first-order valence-corrected chi connectivity index (χ1v) is 9.17. The quantitative estimate of drug-likeness (QED) is 0.736. The molecule has 138 valence electrons. The maximum Gasteiger partial charge on any atom is 0.339 e. The van der Waals surface area contributed by atoms with Crippen LogP contribution in [0.4, 0.5) is 5.82 Å². The van der Waals surface area contributed by atoms with E-state index in [9.17, 15) is 9.90 Å². The zero-order valence-electron chi connectivity index (χ0n) is 15.2. The molecule has 2 aromatic heterocycles. The van der Waals surface area contributed by atoms with Crippen LogP contribution in [0.3, 0.4) is 0 Å². The molecule has 1 aliphatic rings. The second-order valence-corrected chi connectivity index (χ2v) is 7.03. The van der Waals surface area contributed by atoms with Crippen molar-refractivity contribution >= 4 is 11.8 Å². The Morgan fingerprint density at radius 3 is 2.85 bits per heavy atom.